The SMILES string of the molecule is Cc1ccc(N2C(=O)c3ccccc3[C@H]2Nc2ccccc2)nc1. The third-order valence-electron chi connectivity index (χ3n) is 4.18. The molecule has 1 aliphatic heterocycles. The van der Waals surface area contributed by atoms with Crippen LogP contribution in [0.2, 0.25) is 0 Å². The minimum Gasteiger partial charge on any atom is -0.361 e. The molecule has 0 unspecified atom stereocenters. The summed E-state index contributed by atoms with van der Waals surface area (Å²) in [5, 5.41) is 3.46. The number of nitrogens with one attached hydrogen (secondary N) is 1. The maximum Gasteiger partial charge on any atom is 0.261 e. The Balaban J connectivity index is 1.79. The molecule has 0 radical (unpaired) electrons. The lowest BCUT2D eigenvalue weighted by atomic mass is 10.1. The van der Waals surface area contributed by atoms with Crippen LogP contribution in [0.3, 0.4) is 0 Å². The molecule has 0 saturated carbocycles. The molecule has 1 N–H and O–H groups in total. The summed E-state index contributed by atoms with van der Waals surface area (Å²) in [5.41, 5.74) is 3.71. The molecule has 2 heterocycles. The van der Waals surface area contributed by atoms with Crippen molar-refractivity contribution < 1.29 is 4.79 Å². The van der Waals surface area contributed by atoms with E-state index in [1.807, 2.05) is 73.7 Å². The number of amides is 1. The van der Waals surface area contributed by atoms with Crippen molar-refractivity contribution in [2.75, 3.05) is 10.2 Å². The lowest BCUT2D eigenvalue weighted by molar-refractivity contribution is 0.0992. The van der Waals surface area contributed by atoms with E-state index in [4.69, 9.17) is 0 Å². The number of aromatic nitrogens is 1. The molecular formula is C20H17N3O. The van der Waals surface area contributed by atoms with Gasteiger partial charge in [0.05, 0.1) is 0 Å². The van der Waals surface area contributed by atoms with Gasteiger partial charge in [0, 0.05) is 23.0 Å². The summed E-state index contributed by atoms with van der Waals surface area (Å²) in [7, 11) is 0. The average Bonchev–Trinajstić information content (AvgIpc) is 2.89. The van der Waals surface area contributed by atoms with E-state index in [1.165, 1.54) is 0 Å². The average molecular weight is 315 g/mol. The molecule has 24 heavy (non-hydrogen) atoms. The van der Waals surface area contributed by atoms with Gasteiger partial charge in [0.25, 0.3) is 5.91 Å². The van der Waals surface area contributed by atoms with Crippen molar-refractivity contribution in [3.63, 3.8) is 0 Å². The first-order chi connectivity index (χ1) is 11.7. The van der Waals surface area contributed by atoms with Gasteiger partial charge in [-0.1, -0.05) is 42.5 Å². The van der Waals surface area contributed by atoms with Crippen LogP contribution in [0.1, 0.15) is 27.7 Å². The van der Waals surface area contributed by atoms with Crippen LogP contribution in [0.15, 0.2) is 72.9 Å². The summed E-state index contributed by atoms with van der Waals surface area (Å²) < 4.78 is 0. The number of hydrogen-bond acceptors (Lipinski definition) is 3. The Kier molecular flexibility index (Phi) is 3.50. The molecule has 1 aliphatic rings. The van der Waals surface area contributed by atoms with Crippen LogP contribution in [-0.2, 0) is 0 Å². The first-order valence-electron chi connectivity index (χ1n) is 7.91. The van der Waals surface area contributed by atoms with Crippen LogP contribution in [-0.4, -0.2) is 10.9 Å². The summed E-state index contributed by atoms with van der Waals surface area (Å²) in [6, 6.07) is 21.5. The Labute approximate surface area is 140 Å². The zero-order valence-corrected chi connectivity index (χ0v) is 13.3. The monoisotopic (exact) mass is 315 g/mol. The highest BCUT2D eigenvalue weighted by Gasteiger charge is 2.38. The van der Waals surface area contributed by atoms with Gasteiger partial charge >= 0.3 is 0 Å². The predicted octanol–water partition coefficient (Wildman–Crippen LogP) is 4.16. The molecule has 1 amide bonds. The van der Waals surface area contributed by atoms with Gasteiger partial charge in [-0.15, -0.1) is 0 Å². The normalized spacial score (nSPS) is 16.1. The lowest BCUT2D eigenvalue weighted by Gasteiger charge is -2.26. The number of benzene rings is 2. The number of aryl methyl sites for hydroxylation is 1. The van der Waals surface area contributed by atoms with Crippen molar-refractivity contribution in [2.24, 2.45) is 0 Å². The van der Waals surface area contributed by atoms with E-state index in [9.17, 15) is 4.79 Å². The third kappa shape index (κ3) is 2.42. The molecule has 4 rings (SSSR count). The summed E-state index contributed by atoms with van der Waals surface area (Å²) in [5.74, 6) is 0.616. The topological polar surface area (TPSA) is 45.2 Å². The van der Waals surface area contributed by atoms with Crippen molar-refractivity contribution >= 4 is 17.4 Å². The summed E-state index contributed by atoms with van der Waals surface area (Å²) in [4.78, 5) is 19.1. The highest BCUT2D eigenvalue weighted by molar-refractivity contribution is 6.10. The molecular weight excluding hydrogens is 298 g/mol. The number of pyridine rings is 1. The van der Waals surface area contributed by atoms with E-state index in [0.717, 1.165) is 16.8 Å². The molecule has 0 fully saturated rings. The van der Waals surface area contributed by atoms with Gasteiger partial charge in [-0.25, -0.2) is 4.98 Å². The van der Waals surface area contributed by atoms with Gasteiger partial charge in [-0.3, -0.25) is 9.69 Å². The minimum atomic E-state index is -0.272. The zero-order chi connectivity index (χ0) is 16.5. The second-order valence-electron chi connectivity index (χ2n) is 5.87. The largest absolute Gasteiger partial charge is 0.361 e. The van der Waals surface area contributed by atoms with Crippen LogP contribution in [0.25, 0.3) is 0 Å². The van der Waals surface area contributed by atoms with E-state index < -0.39 is 0 Å². The second kappa shape index (κ2) is 5.81. The fourth-order valence-corrected chi connectivity index (χ4v) is 2.99. The quantitative estimate of drug-likeness (QED) is 0.789. The number of rotatable bonds is 3. The first-order valence-corrected chi connectivity index (χ1v) is 7.91. The summed E-state index contributed by atoms with van der Waals surface area (Å²) >= 11 is 0. The van der Waals surface area contributed by atoms with Gasteiger partial charge < -0.3 is 5.32 Å². The number of carbonyl (C=O) groups is 1. The van der Waals surface area contributed by atoms with Crippen molar-refractivity contribution in [1.29, 1.82) is 0 Å². The predicted molar refractivity (Wildman–Crippen MR) is 95.0 cm³/mol. The Morgan fingerprint density at radius 3 is 2.46 bits per heavy atom. The first kappa shape index (κ1) is 14.5. The van der Waals surface area contributed by atoms with Crippen LogP contribution in [0.5, 0.6) is 0 Å². The molecule has 1 atom stereocenters. The van der Waals surface area contributed by atoms with Crippen molar-refractivity contribution in [3.05, 3.63) is 89.6 Å². The van der Waals surface area contributed by atoms with Crippen LogP contribution in [0.4, 0.5) is 11.5 Å². The highest BCUT2D eigenvalue weighted by Crippen LogP contribution is 2.37. The van der Waals surface area contributed by atoms with Gasteiger partial charge in [-0.2, -0.15) is 0 Å². The fraction of sp³-hybridized carbons (Fsp3) is 0.100. The molecule has 0 aliphatic carbocycles. The summed E-state index contributed by atoms with van der Waals surface area (Å²) in [6.07, 6.45) is 1.51. The number of fused-ring (bicyclic) bond motifs is 1. The smallest absolute Gasteiger partial charge is 0.261 e. The van der Waals surface area contributed by atoms with Crippen LogP contribution < -0.4 is 10.2 Å². The molecule has 118 valence electrons. The Morgan fingerprint density at radius 2 is 1.71 bits per heavy atom. The maximum absolute atomic E-state index is 12.9. The van der Waals surface area contributed by atoms with Gasteiger partial charge in [0.2, 0.25) is 0 Å². The summed E-state index contributed by atoms with van der Waals surface area (Å²) in [6.45, 7) is 1.98. The van der Waals surface area contributed by atoms with Crippen LogP contribution in [0, 0.1) is 6.92 Å². The van der Waals surface area contributed by atoms with E-state index >= 15 is 0 Å². The van der Waals surface area contributed by atoms with Crippen LogP contribution >= 0.6 is 0 Å². The van der Waals surface area contributed by atoms with Crippen molar-refractivity contribution in [1.82, 2.24) is 4.98 Å². The lowest BCUT2D eigenvalue weighted by Crippen LogP contribution is -2.32. The molecule has 0 bridgehead atoms. The molecule has 2 aromatic carbocycles. The number of hydrogen-bond donors (Lipinski definition) is 1. The Bertz CT molecular complexity index is 875. The number of anilines is 2. The fourth-order valence-electron chi connectivity index (χ4n) is 2.99. The number of nitrogens with zero attached hydrogens (tertiary/aromatic N) is 2. The number of para-hydroxylation sites is 1. The Hall–Kier alpha value is -3.14. The Morgan fingerprint density at radius 1 is 0.958 bits per heavy atom. The zero-order valence-electron chi connectivity index (χ0n) is 13.3. The standard InChI is InChI=1S/C20H17N3O/c1-14-11-12-18(21-13-14)23-19(22-15-7-3-2-4-8-15)16-9-5-6-10-17(16)20(23)24/h2-13,19,22H,1H3/t19-/m0/s1. The maximum atomic E-state index is 12.9. The molecule has 3 aromatic rings. The van der Waals surface area contributed by atoms with E-state index in [1.54, 1.807) is 11.1 Å². The molecule has 0 spiro atoms. The second-order valence-corrected chi connectivity index (χ2v) is 5.87. The molecule has 4 nitrogen and oxygen atoms in total. The van der Waals surface area contributed by atoms with E-state index in [0.29, 0.717) is 11.4 Å². The van der Waals surface area contributed by atoms with Gasteiger partial charge in [0.1, 0.15) is 12.0 Å². The number of carbonyl (C=O) groups excluding carboxylic acids is 1. The van der Waals surface area contributed by atoms with Gasteiger partial charge in [0.15, 0.2) is 0 Å². The van der Waals surface area contributed by atoms with Crippen molar-refractivity contribution in [3.8, 4) is 0 Å². The highest BCUT2D eigenvalue weighted by atomic mass is 16.2. The van der Waals surface area contributed by atoms with E-state index in [2.05, 4.69) is 10.3 Å². The van der Waals surface area contributed by atoms with Crippen molar-refractivity contribution in [2.45, 2.75) is 13.1 Å². The molecule has 0 saturated heterocycles. The van der Waals surface area contributed by atoms with E-state index in [-0.39, 0.29) is 12.1 Å². The molecule has 1 aromatic heterocycles. The molecule has 4 heteroatoms. The van der Waals surface area contributed by atoms with Gasteiger partial charge in [-0.05, 0) is 36.8 Å². The minimum absolute atomic E-state index is 0.0321. The third-order valence-corrected chi connectivity index (χ3v) is 4.18.